The molecule has 2 aliphatic rings. The van der Waals surface area contributed by atoms with Gasteiger partial charge in [0.15, 0.2) is 0 Å². The first-order chi connectivity index (χ1) is 10.2. The molecule has 114 valence electrons. The van der Waals surface area contributed by atoms with Gasteiger partial charge < -0.3 is 15.0 Å². The maximum atomic E-state index is 12.9. The molecule has 1 amide bonds. The summed E-state index contributed by atoms with van der Waals surface area (Å²) in [7, 11) is 0. The zero-order valence-electron chi connectivity index (χ0n) is 12.9. The van der Waals surface area contributed by atoms with E-state index in [1.54, 1.807) is 0 Å². The van der Waals surface area contributed by atoms with E-state index in [2.05, 4.69) is 24.1 Å². The highest BCUT2D eigenvalue weighted by Crippen LogP contribution is 2.27. The molecule has 1 saturated heterocycles. The number of rotatable bonds is 3. The molecule has 4 heteroatoms. The summed E-state index contributed by atoms with van der Waals surface area (Å²) in [6.45, 7) is 6.75. The van der Waals surface area contributed by atoms with Gasteiger partial charge in [0.2, 0.25) is 0 Å². The van der Waals surface area contributed by atoms with Crippen LogP contribution < -0.4 is 10.1 Å². The van der Waals surface area contributed by atoms with Crippen LogP contribution in [-0.4, -0.2) is 42.6 Å². The Morgan fingerprint density at radius 3 is 3.00 bits per heavy atom. The molecule has 3 rings (SSSR count). The third kappa shape index (κ3) is 2.77. The Hall–Kier alpha value is -1.55. The van der Waals surface area contributed by atoms with Crippen LogP contribution in [-0.2, 0) is 6.42 Å². The third-order valence-corrected chi connectivity index (χ3v) is 4.66. The maximum absolute atomic E-state index is 12.9. The Morgan fingerprint density at radius 1 is 1.38 bits per heavy atom. The fourth-order valence-electron chi connectivity index (χ4n) is 3.24. The molecule has 2 atom stereocenters. The SMILES string of the molecule is CCC1CN(C(=O)c2ccc3c(c2)CCO3)C(CC)CN1. The average molecular weight is 288 g/mol. The van der Waals surface area contributed by atoms with Crippen molar-refractivity contribution in [3.05, 3.63) is 29.3 Å². The quantitative estimate of drug-likeness (QED) is 0.927. The van der Waals surface area contributed by atoms with Gasteiger partial charge in [-0.1, -0.05) is 13.8 Å². The van der Waals surface area contributed by atoms with Gasteiger partial charge in [0.05, 0.1) is 6.61 Å². The molecule has 1 fully saturated rings. The zero-order chi connectivity index (χ0) is 14.8. The fraction of sp³-hybridized carbons (Fsp3) is 0.588. The van der Waals surface area contributed by atoms with Crippen LogP contribution in [0, 0.1) is 0 Å². The molecule has 2 aliphatic heterocycles. The minimum Gasteiger partial charge on any atom is -0.493 e. The van der Waals surface area contributed by atoms with Gasteiger partial charge in [-0.05, 0) is 36.6 Å². The second-order valence-electron chi connectivity index (χ2n) is 5.95. The third-order valence-electron chi connectivity index (χ3n) is 4.66. The summed E-state index contributed by atoms with van der Waals surface area (Å²) in [6.07, 6.45) is 2.95. The number of amides is 1. The Bertz CT molecular complexity index is 530. The molecule has 2 heterocycles. The lowest BCUT2D eigenvalue weighted by atomic mass is 10.0. The van der Waals surface area contributed by atoms with E-state index in [1.807, 2.05) is 18.2 Å². The number of piperazine rings is 1. The lowest BCUT2D eigenvalue weighted by Crippen LogP contribution is -2.57. The molecule has 0 radical (unpaired) electrons. The molecular formula is C17H24N2O2. The number of nitrogens with one attached hydrogen (secondary N) is 1. The molecule has 0 bridgehead atoms. The van der Waals surface area contributed by atoms with Crippen LogP contribution in [0.5, 0.6) is 5.75 Å². The molecule has 1 aromatic rings. The first-order valence-corrected chi connectivity index (χ1v) is 8.03. The highest BCUT2D eigenvalue weighted by atomic mass is 16.5. The Balaban J connectivity index is 1.82. The first kappa shape index (κ1) is 14.4. The summed E-state index contributed by atoms with van der Waals surface area (Å²) >= 11 is 0. The van der Waals surface area contributed by atoms with Crippen LogP contribution in [0.3, 0.4) is 0 Å². The Kier molecular flexibility index (Phi) is 4.15. The van der Waals surface area contributed by atoms with Crippen molar-refractivity contribution in [3.63, 3.8) is 0 Å². The van der Waals surface area contributed by atoms with Gasteiger partial charge in [0.1, 0.15) is 5.75 Å². The minimum atomic E-state index is 0.163. The van der Waals surface area contributed by atoms with Crippen molar-refractivity contribution < 1.29 is 9.53 Å². The van der Waals surface area contributed by atoms with Gasteiger partial charge in [-0.2, -0.15) is 0 Å². The van der Waals surface area contributed by atoms with Gasteiger partial charge >= 0.3 is 0 Å². The van der Waals surface area contributed by atoms with Crippen molar-refractivity contribution in [1.29, 1.82) is 0 Å². The van der Waals surface area contributed by atoms with Gasteiger partial charge in [0.25, 0.3) is 5.91 Å². The number of hydrogen-bond acceptors (Lipinski definition) is 3. The summed E-state index contributed by atoms with van der Waals surface area (Å²) in [4.78, 5) is 14.9. The van der Waals surface area contributed by atoms with Crippen LogP contribution in [0.1, 0.15) is 42.6 Å². The molecule has 0 spiro atoms. The van der Waals surface area contributed by atoms with Crippen molar-refractivity contribution in [3.8, 4) is 5.75 Å². The van der Waals surface area contributed by atoms with E-state index in [9.17, 15) is 4.79 Å². The summed E-state index contributed by atoms with van der Waals surface area (Å²) in [5.41, 5.74) is 1.96. The Morgan fingerprint density at radius 2 is 2.24 bits per heavy atom. The van der Waals surface area contributed by atoms with E-state index in [-0.39, 0.29) is 5.91 Å². The van der Waals surface area contributed by atoms with Gasteiger partial charge in [-0.25, -0.2) is 0 Å². The van der Waals surface area contributed by atoms with Gasteiger partial charge in [0, 0.05) is 37.2 Å². The summed E-state index contributed by atoms with van der Waals surface area (Å²) in [5, 5.41) is 3.53. The first-order valence-electron chi connectivity index (χ1n) is 8.03. The molecule has 0 aromatic heterocycles. The van der Waals surface area contributed by atoms with Crippen molar-refractivity contribution >= 4 is 5.91 Å². The predicted octanol–water partition coefficient (Wildman–Crippen LogP) is 2.22. The van der Waals surface area contributed by atoms with Crippen molar-refractivity contribution in [2.75, 3.05) is 19.7 Å². The normalized spacial score (nSPS) is 24.6. The smallest absolute Gasteiger partial charge is 0.254 e. The summed E-state index contributed by atoms with van der Waals surface area (Å²) in [5.74, 6) is 1.10. The number of carbonyl (C=O) groups excluding carboxylic acids is 1. The minimum absolute atomic E-state index is 0.163. The second-order valence-corrected chi connectivity index (χ2v) is 5.95. The molecule has 1 aromatic carbocycles. The number of hydrogen-bond donors (Lipinski definition) is 1. The van der Waals surface area contributed by atoms with E-state index >= 15 is 0 Å². The van der Waals surface area contributed by atoms with Gasteiger partial charge in [-0.3, -0.25) is 4.79 Å². The van der Waals surface area contributed by atoms with E-state index in [1.165, 1.54) is 0 Å². The van der Waals surface area contributed by atoms with Crippen molar-refractivity contribution in [2.24, 2.45) is 0 Å². The number of fused-ring (bicyclic) bond motifs is 1. The molecule has 0 aliphatic carbocycles. The van der Waals surface area contributed by atoms with Crippen LogP contribution in [0.2, 0.25) is 0 Å². The molecule has 0 saturated carbocycles. The molecule has 2 unspecified atom stereocenters. The van der Waals surface area contributed by atoms with Crippen LogP contribution in [0.25, 0.3) is 0 Å². The highest BCUT2D eigenvalue weighted by molar-refractivity contribution is 5.95. The number of carbonyl (C=O) groups is 1. The van der Waals surface area contributed by atoms with E-state index in [0.717, 1.165) is 55.8 Å². The molecule has 4 nitrogen and oxygen atoms in total. The summed E-state index contributed by atoms with van der Waals surface area (Å²) < 4.78 is 5.52. The van der Waals surface area contributed by atoms with Crippen LogP contribution >= 0.6 is 0 Å². The molecule has 1 N–H and O–H groups in total. The monoisotopic (exact) mass is 288 g/mol. The topological polar surface area (TPSA) is 41.6 Å². The van der Waals surface area contributed by atoms with E-state index in [0.29, 0.717) is 12.1 Å². The largest absolute Gasteiger partial charge is 0.493 e. The number of ether oxygens (including phenoxy) is 1. The van der Waals surface area contributed by atoms with Crippen LogP contribution in [0.15, 0.2) is 18.2 Å². The number of nitrogens with zero attached hydrogens (tertiary/aromatic N) is 1. The Labute approximate surface area is 126 Å². The lowest BCUT2D eigenvalue weighted by molar-refractivity contribution is 0.0576. The van der Waals surface area contributed by atoms with E-state index in [4.69, 9.17) is 4.74 Å². The summed E-state index contributed by atoms with van der Waals surface area (Å²) in [6, 6.07) is 6.57. The van der Waals surface area contributed by atoms with E-state index < -0.39 is 0 Å². The number of benzene rings is 1. The zero-order valence-corrected chi connectivity index (χ0v) is 12.9. The van der Waals surface area contributed by atoms with Crippen LogP contribution in [0.4, 0.5) is 0 Å². The van der Waals surface area contributed by atoms with Crippen molar-refractivity contribution in [2.45, 2.75) is 45.2 Å². The average Bonchev–Trinajstić information content (AvgIpc) is 3.01. The van der Waals surface area contributed by atoms with Crippen molar-refractivity contribution in [1.82, 2.24) is 10.2 Å². The maximum Gasteiger partial charge on any atom is 0.254 e. The second kappa shape index (κ2) is 6.06. The molecule has 21 heavy (non-hydrogen) atoms. The molecular weight excluding hydrogens is 264 g/mol. The lowest BCUT2D eigenvalue weighted by Gasteiger charge is -2.40. The fourth-order valence-corrected chi connectivity index (χ4v) is 3.24. The van der Waals surface area contributed by atoms with Gasteiger partial charge in [-0.15, -0.1) is 0 Å². The standard InChI is InChI=1S/C17H24N2O2/c1-3-14-11-19(15(4-2)10-18-14)17(20)13-5-6-16-12(9-13)7-8-21-16/h5-6,9,14-15,18H,3-4,7-8,10-11H2,1-2H3. The highest BCUT2D eigenvalue weighted by Gasteiger charge is 2.30. The predicted molar refractivity (Wildman–Crippen MR) is 82.8 cm³/mol.